The first kappa shape index (κ1) is 9.01. The average Bonchev–Trinajstić information content (AvgIpc) is 2.34. The summed E-state index contributed by atoms with van der Waals surface area (Å²) in [5.41, 5.74) is 0. The standard InChI is InChI=1S/C9H19NO/c1-7(2)11-9-6-4-5-8(9)10-3/h7-10H,4-6H2,1-3H3/t8-,9+/m1/s1. The zero-order valence-corrected chi connectivity index (χ0v) is 7.76. The molecule has 11 heavy (non-hydrogen) atoms. The van der Waals surface area contributed by atoms with E-state index < -0.39 is 0 Å². The summed E-state index contributed by atoms with van der Waals surface area (Å²) in [7, 11) is 2.02. The molecule has 1 aliphatic carbocycles. The van der Waals surface area contributed by atoms with Crippen LogP contribution in [0, 0.1) is 0 Å². The maximum atomic E-state index is 5.75. The van der Waals surface area contributed by atoms with E-state index in [9.17, 15) is 0 Å². The molecule has 0 saturated heterocycles. The zero-order chi connectivity index (χ0) is 8.27. The van der Waals surface area contributed by atoms with Gasteiger partial charge in [-0.1, -0.05) is 0 Å². The fraction of sp³-hybridized carbons (Fsp3) is 1.00. The van der Waals surface area contributed by atoms with Gasteiger partial charge in [0.05, 0.1) is 12.2 Å². The molecule has 0 aromatic rings. The third-order valence-electron chi connectivity index (χ3n) is 2.27. The van der Waals surface area contributed by atoms with Crippen molar-refractivity contribution in [2.24, 2.45) is 0 Å². The summed E-state index contributed by atoms with van der Waals surface area (Å²) < 4.78 is 5.75. The van der Waals surface area contributed by atoms with Crippen molar-refractivity contribution in [1.29, 1.82) is 0 Å². The Morgan fingerprint density at radius 1 is 1.36 bits per heavy atom. The molecule has 0 aliphatic heterocycles. The maximum absolute atomic E-state index is 5.75. The van der Waals surface area contributed by atoms with Gasteiger partial charge in [-0.3, -0.25) is 0 Å². The van der Waals surface area contributed by atoms with Crippen molar-refractivity contribution in [2.75, 3.05) is 7.05 Å². The lowest BCUT2D eigenvalue weighted by atomic mass is 10.2. The summed E-state index contributed by atoms with van der Waals surface area (Å²) in [6.45, 7) is 4.20. The third kappa shape index (κ3) is 2.46. The fourth-order valence-electron chi connectivity index (χ4n) is 1.77. The number of hydrogen-bond acceptors (Lipinski definition) is 2. The molecule has 0 radical (unpaired) electrons. The van der Waals surface area contributed by atoms with Crippen LogP contribution in [0.2, 0.25) is 0 Å². The Labute approximate surface area is 69.3 Å². The van der Waals surface area contributed by atoms with Crippen LogP contribution < -0.4 is 5.32 Å². The van der Waals surface area contributed by atoms with E-state index in [1.807, 2.05) is 7.05 Å². The number of ether oxygens (including phenoxy) is 1. The average molecular weight is 157 g/mol. The molecule has 1 N–H and O–H groups in total. The van der Waals surface area contributed by atoms with Gasteiger partial charge in [0.1, 0.15) is 0 Å². The van der Waals surface area contributed by atoms with Crippen LogP contribution in [0.3, 0.4) is 0 Å². The highest BCUT2D eigenvalue weighted by Gasteiger charge is 2.26. The van der Waals surface area contributed by atoms with Crippen LogP contribution in [-0.4, -0.2) is 25.3 Å². The molecular formula is C9H19NO. The molecule has 66 valence electrons. The van der Waals surface area contributed by atoms with E-state index in [1.54, 1.807) is 0 Å². The maximum Gasteiger partial charge on any atom is 0.0731 e. The van der Waals surface area contributed by atoms with Crippen LogP contribution in [0.4, 0.5) is 0 Å². The first-order valence-corrected chi connectivity index (χ1v) is 4.56. The van der Waals surface area contributed by atoms with Gasteiger partial charge >= 0.3 is 0 Å². The first-order valence-electron chi connectivity index (χ1n) is 4.56. The van der Waals surface area contributed by atoms with Crippen molar-refractivity contribution in [2.45, 2.75) is 51.4 Å². The summed E-state index contributed by atoms with van der Waals surface area (Å²) >= 11 is 0. The quantitative estimate of drug-likeness (QED) is 0.671. The first-order chi connectivity index (χ1) is 5.24. The summed E-state index contributed by atoms with van der Waals surface area (Å²) in [5, 5.41) is 3.29. The van der Waals surface area contributed by atoms with Crippen LogP contribution in [0.15, 0.2) is 0 Å². The van der Waals surface area contributed by atoms with Crippen LogP contribution in [0.25, 0.3) is 0 Å². The lowest BCUT2D eigenvalue weighted by molar-refractivity contribution is -0.00105. The molecule has 0 aromatic carbocycles. The largest absolute Gasteiger partial charge is 0.374 e. The number of likely N-dealkylation sites (N-methyl/N-ethyl adjacent to an activating group) is 1. The van der Waals surface area contributed by atoms with Gasteiger partial charge in [0, 0.05) is 6.04 Å². The minimum Gasteiger partial charge on any atom is -0.374 e. The molecule has 0 heterocycles. The summed E-state index contributed by atoms with van der Waals surface area (Å²) in [5.74, 6) is 0. The molecular weight excluding hydrogens is 138 g/mol. The summed E-state index contributed by atoms with van der Waals surface area (Å²) in [6.07, 6.45) is 4.63. The van der Waals surface area contributed by atoms with Crippen molar-refractivity contribution in [3.63, 3.8) is 0 Å². The lowest BCUT2D eigenvalue weighted by Crippen LogP contribution is -2.36. The van der Waals surface area contributed by atoms with Gasteiger partial charge in [0.25, 0.3) is 0 Å². The SMILES string of the molecule is CN[C@@H]1CCC[C@@H]1OC(C)C. The van der Waals surface area contributed by atoms with Crippen molar-refractivity contribution < 1.29 is 4.74 Å². The number of nitrogens with one attached hydrogen (secondary N) is 1. The van der Waals surface area contributed by atoms with Gasteiger partial charge in [0.2, 0.25) is 0 Å². The summed E-state index contributed by atoms with van der Waals surface area (Å²) in [4.78, 5) is 0. The van der Waals surface area contributed by atoms with Crippen LogP contribution in [-0.2, 0) is 4.74 Å². The second kappa shape index (κ2) is 4.07. The Hall–Kier alpha value is -0.0800. The van der Waals surface area contributed by atoms with Crippen molar-refractivity contribution in [3.05, 3.63) is 0 Å². The van der Waals surface area contributed by atoms with E-state index in [4.69, 9.17) is 4.74 Å². The fourth-order valence-corrected chi connectivity index (χ4v) is 1.77. The van der Waals surface area contributed by atoms with E-state index in [0.29, 0.717) is 18.2 Å². The van der Waals surface area contributed by atoms with Crippen molar-refractivity contribution in [3.8, 4) is 0 Å². The molecule has 1 aliphatic rings. The minimum atomic E-state index is 0.369. The Kier molecular flexibility index (Phi) is 3.34. The van der Waals surface area contributed by atoms with Gasteiger partial charge in [-0.2, -0.15) is 0 Å². The Morgan fingerprint density at radius 3 is 2.64 bits per heavy atom. The molecule has 0 unspecified atom stereocenters. The Bertz CT molecular complexity index is 114. The van der Waals surface area contributed by atoms with E-state index in [-0.39, 0.29) is 0 Å². The number of rotatable bonds is 3. The van der Waals surface area contributed by atoms with Gasteiger partial charge in [-0.15, -0.1) is 0 Å². The van der Waals surface area contributed by atoms with E-state index in [2.05, 4.69) is 19.2 Å². The second-order valence-electron chi connectivity index (χ2n) is 3.55. The Balaban J connectivity index is 2.31. The molecule has 2 nitrogen and oxygen atoms in total. The minimum absolute atomic E-state index is 0.369. The van der Waals surface area contributed by atoms with E-state index in [1.165, 1.54) is 19.3 Å². The van der Waals surface area contributed by atoms with E-state index >= 15 is 0 Å². The predicted molar refractivity (Wildman–Crippen MR) is 46.7 cm³/mol. The normalized spacial score (nSPS) is 31.6. The zero-order valence-electron chi connectivity index (χ0n) is 7.76. The second-order valence-corrected chi connectivity index (χ2v) is 3.55. The van der Waals surface area contributed by atoms with Crippen LogP contribution >= 0.6 is 0 Å². The Morgan fingerprint density at radius 2 is 2.09 bits per heavy atom. The molecule has 1 rings (SSSR count). The van der Waals surface area contributed by atoms with Gasteiger partial charge in [-0.25, -0.2) is 0 Å². The molecule has 1 saturated carbocycles. The number of hydrogen-bond donors (Lipinski definition) is 1. The molecule has 0 bridgehead atoms. The van der Waals surface area contributed by atoms with Crippen LogP contribution in [0.1, 0.15) is 33.1 Å². The van der Waals surface area contributed by atoms with Crippen LogP contribution in [0.5, 0.6) is 0 Å². The van der Waals surface area contributed by atoms with E-state index in [0.717, 1.165) is 0 Å². The van der Waals surface area contributed by atoms with Crippen molar-refractivity contribution >= 4 is 0 Å². The summed E-state index contributed by atoms with van der Waals surface area (Å²) in [6, 6.07) is 0.595. The molecule has 0 aromatic heterocycles. The highest BCUT2D eigenvalue weighted by molar-refractivity contribution is 4.83. The lowest BCUT2D eigenvalue weighted by Gasteiger charge is -2.21. The van der Waals surface area contributed by atoms with Crippen molar-refractivity contribution in [1.82, 2.24) is 5.32 Å². The van der Waals surface area contributed by atoms with Gasteiger partial charge < -0.3 is 10.1 Å². The third-order valence-corrected chi connectivity index (χ3v) is 2.27. The highest BCUT2D eigenvalue weighted by atomic mass is 16.5. The molecule has 2 heteroatoms. The smallest absolute Gasteiger partial charge is 0.0731 e. The van der Waals surface area contributed by atoms with Gasteiger partial charge in [-0.05, 0) is 40.2 Å². The predicted octanol–water partition coefficient (Wildman–Crippen LogP) is 1.55. The molecule has 1 fully saturated rings. The molecule has 0 spiro atoms. The molecule has 0 amide bonds. The molecule has 2 atom stereocenters. The highest BCUT2D eigenvalue weighted by Crippen LogP contribution is 2.22. The van der Waals surface area contributed by atoms with Gasteiger partial charge in [0.15, 0.2) is 0 Å². The topological polar surface area (TPSA) is 21.3 Å². The monoisotopic (exact) mass is 157 g/mol.